The van der Waals surface area contributed by atoms with Crippen LogP contribution < -0.4 is 5.73 Å². The summed E-state index contributed by atoms with van der Waals surface area (Å²) in [6.45, 7) is 3.58. The average molecular weight is 264 g/mol. The van der Waals surface area contributed by atoms with Crippen molar-refractivity contribution in [3.05, 3.63) is 34.6 Å². The maximum Gasteiger partial charge on any atom is 0.145 e. The molecule has 90 valence electrons. The molecule has 1 aromatic rings. The summed E-state index contributed by atoms with van der Waals surface area (Å²) in [5.74, 6) is -0.0150. The van der Waals surface area contributed by atoms with Crippen molar-refractivity contribution in [3.63, 3.8) is 0 Å². The molecule has 0 fully saturated rings. The van der Waals surface area contributed by atoms with Gasteiger partial charge in [0, 0.05) is 27.7 Å². The van der Waals surface area contributed by atoms with Crippen LogP contribution in [0.3, 0.4) is 0 Å². The van der Waals surface area contributed by atoms with Crippen LogP contribution in [-0.2, 0) is 16.6 Å². The monoisotopic (exact) mass is 263 g/mol. The summed E-state index contributed by atoms with van der Waals surface area (Å²) in [6.07, 6.45) is 0. The number of halogens is 2. The second kappa shape index (κ2) is 5.25. The molecule has 5 heteroatoms. The number of hydrogen-bond acceptors (Lipinski definition) is 2. The van der Waals surface area contributed by atoms with E-state index in [4.69, 9.17) is 17.3 Å². The first-order valence-corrected chi connectivity index (χ1v) is 6.73. The first kappa shape index (κ1) is 13.6. The molecule has 16 heavy (non-hydrogen) atoms. The highest BCUT2D eigenvalue weighted by Crippen LogP contribution is 2.19. The Balaban J connectivity index is 2.74. The van der Waals surface area contributed by atoms with E-state index in [2.05, 4.69) is 0 Å². The van der Waals surface area contributed by atoms with Crippen LogP contribution in [0, 0.1) is 5.82 Å². The number of hydrogen-bond donors (Lipinski definition) is 1. The third kappa shape index (κ3) is 4.20. The van der Waals surface area contributed by atoms with Crippen LogP contribution >= 0.6 is 11.6 Å². The van der Waals surface area contributed by atoms with E-state index >= 15 is 0 Å². The molecule has 0 amide bonds. The number of benzene rings is 1. The second-order valence-electron chi connectivity index (χ2n) is 4.43. The van der Waals surface area contributed by atoms with Gasteiger partial charge < -0.3 is 5.73 Å². The van der Waals surface area contributed by atoms with Crippen LogP contribution in [-0.4, -0.2) is 15.5 Å². The molecule has 0 aliphatic heterocycles. The Bertz CT molecular complexity index is 403. The smallest absolute Gasteiger partial charge is 0.145 e. The molecule has 0 saturated carbocycles. The van der Waals surface area contributed by atoms with Gasteiger partial charge in [0.2, 0.25) is 0 Å². The van der Waals surface area contributed by atoms with E-state index in [1.54, 1.807) is 26.0 Å². The van der Waals surface area contributed by atoms with Crippen molar-refractivity contribution in [1.82, 2.24) is 0 Å². The van der Waals surface area contributed by atoms with Gasteiger partial charge in [0.05, 0.1) is 10.8 Å². The molecule has 2 nitrogen and oxygen atoms in total. The van der Waals surface area contributed by atoms with Crippen molar-refractivity contribution in [2.45, 2.75) is 25.1 Å². The highest BCUT2D eigenvalue weighted by Gasteiger charge is 2.17. The Labute approximate surface area is 102 Å². The zero-order chi connectivity index (χ0) is 12.3. The van der Waals surface area contributed by atoms with Gasteiger partial charge in [-0.3, -0.25) is 4.21 Å². The summed E-state index contributed by atoms with van der Waals surface area (Å²) in [5.41, 5.74) is 5.60. The van der Waals surface area contributed by atoms with Gasteiger partial charge in [0.1, 0.15) is 5.82 Å². The molecule has 1 unspecified atom stereocenters. The lowest BCUT2D eigenvalue weighted by Gasteiger charge is -2.17. The molecular formula is C11H15ClFNOS. The molecule has 1 atom stereocenters. The fourth-order valence-corrected chi connectivity index (χ4v) is 3.00. The largest absolute Gasteiger partial charge is 0.325 e. The van der Waals surface area contributed by atoms with E-state index in [0.29, 0.717) is 11.3 Å². The van der Waals surface area contributed by atoms with Gasteiger partial charge in [-0.15, -0.1) is 0 Å². The van der Waals surface area contributed by atoms with E-state index in [0.717, 1.165) is 0 Å². The van der Waals surface area contributed by atoms with Crippen LogP contribution in [0.25, 0.3) is 0 Å². The molecule has 0 aliphatic carbocycles. The van der Waals surface area contributed by atoms with Crippen molar-refractivity contribution >= 4 is 22.4 Å². The predicted octanol–water partition coefficient (Wildman–Crippen LogP) is 2.47. The molecule has 1 aromatic carbocycles. The highest BCUT2D eigenvalue weighted by atomic mass is 35.5. The van der Waals surface area contributed by atoms with E-state index in [1.165, 1.54) is 6.07 Å². The molecule has 0 saturated heterocycles. The minimum absolute atomic E-state index is 0.0570. The molecule has 0 aliphatic rings. The zero-order valence-electron chi connectivity index (χ0n) is 9.30. The topological polar surface area (TPSA) is 43.1 Å². The fourth-order valence-electron chi connectivity index (χ4n) is 1.30. The third-order valence-electron chi connectivity index (χ3n) is 1.88. The fraction of sp³-hybridized carbons (Fsp3) is 0.455. The third-order valence-corrected chi connectivity index (χ3v) is 3.87. The second-order valence-corrected chi connectivity index (χ2v) is 6.29. The summed E-state index contributed by atoms with van der Waals surface area (Å²) >= 11 is 5.63. The van der Waals surface area contributed by atoms with Gasteiger partial charge in [-0.1, -0.05) is 23.7 Å². The quantitative estimate of drug-likeness (QED) is 0.907. The molecule has 2 N–H and O–H groups in total. The van der Waals surface area contributed by atoms with Crippen molar-refractivity contribution in [1.29, 1.82) is 0 Å². The first-order chi connectivity index (χ1) is 7.29. The van der Waals surface area contributed by atoms with E-state index in [9.17, 15) is 8.60 Å². The molecule has 0 spiro atoms. The molecule has 0 heterocycles. The van der Waals surface area contributed by atoms with Gasteiger partial charge in [-0.2, -0.15) is 0 Å². The molecule has 0 aromatic heterocycles. The Morgan fingerprint density at radius 2 is 2.12 bits per heavy atom. The van der Waals surface area contributed by atoms with Gasteiger partial charge in [-0.25, -0.2) is 4.39 Å². The lowest BCUT2D eigenvalue weighted by molar-refractivity contribution is 0.576. The molecular weight excluding hydrogens is 249 g/mol. The summed E-state index contributed by atoms with van der Waals surface area (Å²) < 4.78 is 25.2. The van der Waals surface area contributed by atoms with Crippen LogP contribution in [0.15, 0.2) is 18.2 Å². The standard InChI is InChI=1S/C11H15ClFNOS/c1-11(2,14)7-16(15)6-8-4-3-5-9(12)10(8)13/h3-5H,6-7,14H2,1-2H3. The summed E-state index contributed by atoms with van der Waals surface area (Å²) in [6, 6.07) is 4.70. The Morgan fingerprint density at radius 3 is 2.69 bits per heavy atom. The Kier molecular flexibility index (Phi) is 4.47. The van der Waals surface area contributed by atoms with Crippen LogP contribution in [0.5, 0.6) is 0 Å². The normalized spacial score (nSPS) is 13.8. The van der Waals surface area contributed by atoms with Gasteiger partial charge in [0.15, 0.2) is 0 Å². The van der Waals surface area contributed by atoms with Gasteiger partial charge in [-0.05, 0) is 19.9 Å². The van der Waals surface area contributed by atoms with Crippen LogP contribution in [0.2, 0.25) is 5.02 Å². The summed E-state index contributed by atoms with van der Waals surface area (Å²) in [4.78, 5) is 0. The van der Waals surface area contributed by atoms with Gasteiger partial charge >= 0.3 is 0 Å². The van der Waals surface area contributed by atoms with Crippen molar-refractivity contribution < 1.29 is 8.60 Å². The van der Waals surface area contributed by atoms with Crippen LogP contribution in [0.4, 0.5) is 4.39 Å². The molecule has 0 bridgehead atoms. The molecule has 0 radical (unpaired) electrons. The van der Waals surface area contributed by atoms with Crippen molar-refractivity contribution in [2.75, 3.05) is 5.75 Å². The predicted molar refractivity (Wildman–Crippen MR) is 66.4 cm³/mol. The minimum Gasteiger partial charge on any atom is -0.325 e. The maximum atomic E-state index is 13.5. The van der Waals surface area contributed by atoms with Gasteiger partial charge in [0.25, 0.3) is 0 Å². The van der Waals surface area contributed by atoms with Crippen molar-refractivity contribution in [2.24, 2.45) is 5.73 Å². The highest BCUT2D eigenvalue weighted by molar-refractivity contribution is 7.84. The van der Waals surface area contributed by atoms with Crippen LogP contribution in [0.1, 0.15) is 19.4 Å². The van der Waals surface area contributed by atoms with Crippen molar-refractivity contribution in [3.8, 4) is 0 Å². The SMILES string of the molecule is CC(C)(N)CS(=O)Cc1cccc(Cl)c1F. The van der Waals surface area contributed by atoms with E-state index in [1.807, 2.05) is 0 Å². The summed E-state index contributed by atoms with van der Waals surface area (Å²) in [7, 11) is -1.18. The average Bonchev–Trinajstić information content (AvgIpc) is 2.09. The first-order valence-electron chi connectivity index (χ1n) is 4.86. The summed E-state index contributed by atoms with van der Waals surface area (Å²) in [5, 5.41) is 0.0570. The maximum absolute atomic E-state index is 13.5. The zero-order valence-corrected chi connectivity index (χ0v) is 10.9. The number of nitrogens with two attached hydrogens (primary N) is 1. The van der Waals surface area contributed by atoms with E-state index < -0.39 is 22.2 Å². The Hall–Kier alpha value is -0.450. The lowest BCUT2D eigenvalue weighted by Crippen LogP contribution is -2.38. The lowest BCUT2D eigenvalue weighted by atomic mass is 10.1. The molecule has 1 rings (SSSR count). The minimum atomic E-state index is -1.18. The number of rotatable bonds is 4. The Morgan fingerprint density at radius 1 is 1.50 bits per heavy atom. The van der Waals surface area contributed by atoms with E-state index in [-0.39, 0.29) is 10.8 Å².